The summed E-state index contributed by atoms with van der Waals surface area (Å²) in [7, 11) is -2.50. The first kappa shape index (κ1) is 20.5. The van der Waals surface area contributed by atoms with Crippen LogP contribution in [0.5, 0.6) is 0 Å². The molecule has 0 spiro atoms. The topological polar surface area (TPSA) is 75.3 Å². The number of nitrogens with one attached hydrogen (secondary N) is 2. The number of hydrogen-bond donors (Lipinski definition) is 2. The number of hydrogen-bond acceptors (Lipinski definition) is 3. The molecule has 2 aromatic rings. The predicted molar refractivity (Wildman–Crippen MR) is 106 cm³/mol. The molecule has 1 atom stereocenters. The van der Waals surface area contributed by atoms with E-state index in [1.165, 1.54) is 13.5 Å². The van der Waals surface area contributed by atoms with Crippen molar-refractivity contribution >= 4 is 15.9 Å². The lowest BCUT2D eigenvalue weighted by Gasteiger charge is -2.31. The lowest BCUT2D eigenvalue weighted by Crippen LogP contribution is -2.35. The van der Waals surface area contributed by atoms with Crippen molar-refractivity contribution in [1.82, 2.24) is 10.0 Å². The maximum Gasteiger partial charge on any atom is 0.254 e. The SMILES string of the molecule is CNS(=O)(=O)c1ccc(F)c(C(=O)NC(c2ccccc2)C2CCCCC2)c1. The molecule has 1 aliphatic rings. The average Bonchev–Trinajstić information content (AvgIpc) is 2.73. The highest BCUT2D eigenvalue weighted by atomic mass is 32.2. The Kier molecular flexibility index (Phi) is 6.46. The Hall–Kier alpha value is -2.25. The molecule has 3 rings (SSSR count). The van der Waals surface area contributed by atoms with E-state index in [9.17, 15) is 17.6 Å². The molecule has 1 saturated carbocycles. The van der Waals surface area contributed by atoms with Gasteiger partial charge in [-0.25, -0.2) is 17.5 Å². The summed E-state index contributed by atoms with van der Waals surface area (Å²) < 4.78 is 40.5. The van der Waals surface area contributed by atoms with Gasteiger partial charge in [-0.3, -0.25) is 4.79 Å². The van der Waals surface area contributed by atoms with Gasteiger partial charge in [0.1, 0.15) is 5.82 Å². The Labute approximate surface area is 165 Å². The largest absolute Gasteiger partial charge is 0.345 e. The number of sulfonamides is 1. The summed E-state index contributed by atoms with van der Waals surface area (Å²) in [6.45, 7) is 0. The summed E-state index contributed by atoms with van der Waals surface area (Å²) in [5.41, 5.74) is 0.704. The van der Waals surface area contributed by atoms with E-state index in [1.807, 2.05) is 30.3 Å². The molecule has 150 valence electrons. The maximum atomic E-state index is 14.3. The number of benzene rings is 2. The van der Waals surface area contributed by atoms with E-state index in [0.717, 1.165) is 49.4 Å². The molecule has 0 radical (unpaired) electrons. The van der Waals surface area contributed by atoms with Gasteiger partial charge in [-0.15, -0.1) is 0 Å². The molecule has 2 N–H and O–H groups in total. The number of halogens is 1. The van der Waals surface area contributed by atoms with E-state index in [1.54, 1.807) is 0 Å². The van der Waals surface area contributed by atoms with Crippen molar-refractivity contribution in [3.63, 3.8) is 0 Å². The molecular weight excluding hydrogens is 379 g/mol. The average molecular weight is 405 g/mol. The first-order valence-corrected chi connectivity index (χ1v) is 11.0. The standard InChI is InChI=1S/C21H25FN2O3S/c1-23-28(26,27)17-12-13-19(22)18(14-17)21(25)24-20(15-8-4-2-5-9-15)16-10-6-3-7-11-16/h2,4-5,8-9,12-14,16,20,23H,3,6-7,10-11H2,1H3,(H,24,25). The third-order valence-electron chi connectivity index (χ3n) is 5.33. The van der Waals surface area contributed by atoms with E-state index < -0.39 is 21.7 Å². The fourth-order valence-corrected chi connectivity index (χ4v) is 4.54. The fraction of sp³-hybridized carbons (Fsp3) is 0.381. The Morgan fingerprint density at radius 2 is 1.75 bits per heavy atom. The lowest BCUT2D eigenvalue weighted by molar-refractivity contribution is 0.0908. The Bertz CT molecular complexity index is 926. The summed E-state index contributed by atoms with van der Waals surface area (Å²) in [6.07, 6.45) is 5.39. The first-order chi connectivity index (χ1) is 13.4. The minimum atomic E-state index is -3.77. The predicted octanol–water partition coefficient (Wildman–Crippen LogP) is 3.79. The summed E-state index contributed by atoms with van der Waals surface area (Å²) in [5, 5.41) is 2.96. The van der Waals surface area contributed by atoms with E-state index in [0.29, 0.717) is 0 Å². The van der Waals surface area contributed by atoms with Crippen molar-refractivity contribution in [3.05, 3.63) is 65.5 Å². The molecule has 0 saturated heterocycles. The van der Waals surface area contributed by atoms with Gasteiger partial charge >= 0.3 is 0 Å². The van der Waals surface area contributed by atoms with Crippen LogP contribution in [0.25, 0.3) is 0 Å². The minimum Gasteiger partial charge on any atom is -0.345 e. The number of carbonyl (C=O) groups is 1. The monoisotopic (exact) mass is 404 g/mol. The van der Waals surface area contributed by atoms with Crippen molar-refractivity contribution in [2.45, 2.75) is 43.0 Å². The van der Waals surface area contributed by atoms with Gasteiger partial charge in [0.15, 0.2) is 0 Å². The second-order valence-corrected chi connectivity index (χ2v) is 9.00. The molecule has 28 heavy (non-hydrogen) atoms. The molecule has 7 heteroatoms. The number of carbonyl (C=O) groups excluding carboxylic acids is 1. The van der Waals surface area contributed by atoms with Crippen LogP contribution in [0.1, 0.15) is 54.1 Å². The molecule has 5 nitrogen and oxygen atoms in total. The van der Waals surface area contributed by atoms with Crippen LogP contribution in [0.15, 0.2) is 53.4 Å². The molecule has 1 fully saturated rings. The van der Waals surface area contributed by atoms with Gasteiger partial charge in [-0.2, -0.15) is 0 Å². The molecule has 0 heterocycles. The van der Waals surface area contributed by atoms with Crippen LogP contribution < -0.4 is 10.0 Å². The normalized spacial score (nSPS) is 16.5. The smallest absolute Gasteiger partial charge is 0.254 e. The Balaban J connectivity index is 1.91. The number of rotatable bonds is 6. The van der Waals surface area contributed by atoms with Gasteiger partial charge in [0.25, 0.3) is 5.91 Å². The second-order valence-electron chi connectivity index (χ2n) is 7.11. The molecule has 1 aliphatic carbocycles. The highest BCUT2D eigenvalue weighted by Crippen LogP contribution is 2.34. The number of amides is 1. The summed E-state index contributed by atoms with van der Waals surface area (Å²) in [5.74, 6) is -1.08. The Morgan fingerprint density at radius 1 is 1.07 bits per heavy atom. The van der Waals surface area contributed by atoms with Crippen molar-refractivity contribution in [3.8, 4) is 0 Å². The van der Waals surface area contributed by atoms with Crippen LogP contribution in [0.2, 0.25) is 0 Å². The molecule has 0 aliphatic heterocycles. The van der Waals surface area contributed by atoms with Gasteiger partial charge in [-0.05, 0) is 49.6 Å². The van der Waals surface area contributed by atoms with Gasteiger partial charge in [0, 0.05) is 0 Å². The van der Waals surface area contributed by atoms with E-state index in [2.05, 4.69) is 10.0 Å². The van der Waals surface area contributed by atoms with Crippen LogP contribution in [0.3, 0.4) is 0 Å². The zero-order valence-corrected chi connectivity index (χ0v) is 16.6. The second kappa shape index (κ2) is 8.84. The Morgan fingerprint density at radius 3 is 2.39 bits per heavy atom. The quantitative estimate of drug-likeness (QED) is 0.769. The van der Waals surface area contributed by atoms with E-state index >= 15 is 0 Å². The van der Waals surface area contributed by atoms with Gasteiger partial charge in [0.2, 0.25) is 10.0 Å². The van der Waals surface area contributed by atoms with E-state index in [4.69, 9.17) is 0 Å². The van der Waals surface area contributed by atoms with Crippen molar-refractivity contribution in [2.75, 3.05) is 7.05 Å². The van der Waals surface area contributed by atoms with Crippen molar-refractivity contribution < 1.29 is 17.6 Å². The summed E-state index contributed by atoms with van der Waals surface area (Å²) in [6, 6.07) is 12.7. The van der Waals surface area contributed by atoms with Gasteiger partial charge in [-0.1, -0.05) is 49.6 Å². The van der Waals surface area contributed by atoms with Crippen LogP contribution in [0, 0.1) is 11.7 Å². The highest BCUT2D eigenvalue weighted by molar-refractivity contribution is 7.89. The lowest BCUT2D eigenvalue weighted by atomic mass is 9.81. The van der Waals surface area contributed by atoms with E-state index in [-0.39, 0.29) is 22.4 Å². The fourth-order valence-electron chi connectivity index (χ4n) is 3.78. The highest BCUT2D eigenvalue weighted by Gasteiger charge is 2.28. The molecule has 0 bridgehead atoms. The summed E-state index contributed by atoms with van der Waals surface area (Å²) >= 11 is 0. The molecular formula is C21H25FN2O3S. The van der Waals surface area contributed by atoms with Crippen molar-refractivity contribution in [1.29, 1.82) is 0 Å². The van der Waals surface area contributed by atoms with Crippen LogP contribution in [0.4, 0.5) is 4.39 Å². The molecule has 1 amide bonds. The molecule has 2 aromatic carbocycles. The van der Waals surface area contributed by atoms with Gasteiger partial charge in [0.05, 0.1) is 16.5 Å². The minimum absolute atomic E-state index is 0.143. The van der Waals surface area contributed by atoms with Gasteiger partial charge < -0.3 is 5.32 Å². The van der Waals surface area contributed by atoms with Crippen molar-refractivity contribution in [2.24, 2.45) is 5.92 Å². The third kappa shape index (κ3) is 4.59. The molecule has 0 aromatic heterocycles. The third-order valence-corrected chi connectivity index (χ3v) is 6.74. The van der Waals surface area contributed by atoms with Crippen LogP contribution in [-0.2, 0) is 10.0 Å². The summed E-state index contributed by atoms with van der Waals surface area (Å²) in [4.78, 5) is 12.7. The first-order valence-electron chi connectivity index (χ1n) is 9.51. The van der Waals surface area contributed by atoms with Crippen LogP contribution in [-0.4, -0.2) is 21.4 Å². The zero-order valence-electron chi connectivity index (χ0n) is 15.8. The molecule has 1 unspecified atom stereocenters. The zero-order chi connectivity index (χ0) is 20.1. The maximum absolute atomic E-state index is 14.3. The van der Waals surface area contributed by atoms with Crippen LogP contribution >= 0.6 is 0 Å².